The van der Waals surface area contributed by atoms with Crippen molar-refractivity contribution in [2.45, 2.75) is 13.5 Å². The van der Waals surface area contributed by atoms with E-state index in [1.165, 1.54) is 0 Å². The molecule has 0 aliphatic carbocycles. The molecule has 2 rings (SSSR count). The molecule has 0 unspecified atom stereocenters. The van der Waals surface area contributed by atoms with E-state index < -0.39 is 0 Å². The lowest BCUT2D eigenvalue weighted by atomic mass is 10.2. The van der Waals surface area contributed by atoms with Crippen LogP contribution < -0.4 is 4.74 Å². The van der Waals surface area contributed by atoms with Gasteiger partial charge < -0.3 is 9.47 Å². The fourth-order valence-corrected chi connectivity index (χ4v) is 2.34. The summed E-state index contributed by atoms with van der Waals surface area (Å²) in [7, 11) is 0. The van der Waals surface area contributed by atoms with Gasteiger partial charge in [0, 0.05) is 9.90 Å². The van der Waals surface area contributed by atoms with Crippen LogP contribution in [0.5, 0.6) is 5.75 Å². The number of benzene rings is 1. The van der Waals surface area contributed by atoms with Crippen molar-refractivity contribution in [3.8, 4) is 5.75 Å². The second-order valence-electron chi connectivity index (χ2n) is 3.94. The molecule has 100 valence electrons. The van der Waals surface area contributed by atoms with Crippen molar-refractivity contribution in [1.29, 1.82) is 0 Å². The number of esters is 1. The molecule has 0 aliphatic rings. The number of hydrogen-bond acceptors (Lipinski definition) is 4. The van der Waals surface area contributed by atoms with Gasteiger partial charge in [-0.05, 0) is 42.1 Å². The fourth-order valence-electron chi connectivity index (χ4n) is 1.50. The monoisotopic (exact) mass is 296 g/mol. The first kappa shape index (κ1) is 13.9. The number of thiophene rings is 1. The van der Waals surface area contributed by atoms with Gasteiger partial charge in [0.05, 0.1) is 0 Å². The third kappa shape index (κ3) is 4.26. The number of hydrogen-bond donors (Lipinski definition) is 0. The van der Waals surface area contributed by atoms with E-state index in [-0.39, 0.29) is 12.6 Å². The molecule has 0 spiro atoms. The van der Waals surface area contributed by atoms with E-state index in [9.17, 15) is 4.79 Å². The molecular formula is C14H13ClO3S. The molecule has 19 heavy (non-hydrogen) atoms. The average molecular weight is 297 g/mol. The lowest BCUT2D eigenvalue weighted by Gasteiger charge is -2.09. The highest BCUT2D eigenvalue weighted by atomic mass is 35.5. The van der Waals surface area contributed by atoms with Crippen LogP contribution >= 0.6 is 22.9 Å². The van der Waals surface area contributed by atoms with E-state index >= 15 is 0 Å². The van der Waals surface area contributed by atoms with Crippen LogP contribution in [0.25, 0.3) is 0 Å². The summed E-state index contributed by atoms with van der Waals surface area (Å²) in [6.07, 6.45) is 0. The molecule has 0 bridgehead atoms. The maximum atomic E-state index is 11.5. The average Bonchev–Trinajstić information content (AvgIpc) is 2.88. The number of rotatable bonds is 5. The van der Waals surface area contributed by atoms with Gasteiger partial charge in [0.25, 0.3) is 0 Å². The summed E-state index contributed by atoms with van der Waals surface area (Å²) in [5.41, 5.74) is 0.888. The number of halogens is 1. The number of ether oxygens (including phenoxy) is 2. The van der Waals surface area contributed by atoms with Crippen molar-refractivity contribution >= 4 is 28.9 Å². The summed E-state index contributed by atoms with van der Waals surface area (Å²) in [5, 5.41) is 2.58. The van der Waals surface area contributed by atoms with E-state index in [1.54, 1.807) is 29.5 Å². The largest absolute Gasteiger partial charge is 0.482 e. The van der Waals surface area contributed by atoms with Crippen LogP contribution in [0.15, 0.2) is 35.7 Å². The number of aryl methyl sites for hydroxylation is 1. The van der Waals surface area contributed by atoms with E-state index in [1.807, 2.05) is 24.4 Å². The summed E-state index contributed by atoms with van der Waals surface area (Å²) in [6, 6.07) is 9.09. The molecule has 0 radical (unpaired) electrons. The third-order valence-corrected chi connectivity index (χ3v) is 3.52. The van der Waals surface area contributed by atoms with Gasteiger partial charge in [0.15, 0.2) is 6.61 Å². The minimum absolute atomic E-state index is 0.103. The standard InChI is InChI=1S/C14H13ClO3S/c1-10-7-11(15)4-5-13(10)17-9-14(16)18-8-12-3-2-6-19-12/h2-7H,8-9H2,1H3. The summed E-state index contributed by atoms with van der Waals surface area (Å²) in [4.78, 5) is 12.5. The second kappa shape index (κ2) is 6.59. The molecule has 0 fully saturated rings. The Morgan fingerprint density at radius 2 is 2.21 bits per heavy atom. The number of carbonyl (C=O) groups is 1. The van der Waals surface area contributed by atoms with E-state index in [0.717, 1.165) is 10.4 Å². The molecule has 5 heteroatoms. The summed E-state index contributed by atoms with van der Waals surface area (Å²) in [6.45, 7) is 2.06. The van der Waals surface area contributed by atoms with Crippen LogP contribution in [0.1, 0.15) is 10.4 Å². The predicted molar refractivity (Wildman–Crippen MR) is 75.8 cm³/mol. The van der Waals surface area contributed by atoms with Gasteiger partial charge in [-0.2, -0.15) is 0 Å². The summed E-state index contributed by atoms with van der Waals surface area (Å²) < 4.78 is 10.5. The fraction of sp³-hybridized carbons (Fsp3) is 0.214. The SMILES string of the molecule is Cc1cc(Cl)ccc1OCC(=O)OCc1cccs1. The Balaban J connectivity index is 1.80. The first-order chi connectivity index (χ1) is 9.15. The quantitative estimate of drug-likeness (QED) is 0.787. The Labute approximate surface area is 120 Å². The van der Waals surface area contributed by atoms with Crippen LogP contribution in [0.4, 0.5) is 0 Å². The zero-order chi connectivity index (χ0) is 13.7. The Kier molecular flexibility index (Phi) is 4.82. The van der Waals surface area contributed by atoms with Crippen LogP contribution in [0.3, 0.4) is 0 Å². The summed E-state index contributed by atoms with van der Waals surface area (Å²) >= 11 is 7.39. The van der Waals surface area contributed by atoms with Crippen molar-refractivity contribution in [1.82, 2.24) is 0 Å². The Morgan fingerprint density at radius 3 is 2.89 bits per heavy atom. The molecule has 2 aromatic rings. The Hall–Kier alpha value is -1.52. The topological polar surface area (TPSA) is 35.5 Å². The molecular weight excluding hydrogens is 284 g/mol. The maximum absolute atomic E-state index is 11.5. The lowest BCUT2D eigenvalue weighted by molar-refractivity contribution is -0.147. The Morgan fingerprint density at radius 1 is 1.37 bits per heavy atom. The highest BCUT2D eigenvalue weighted by molar-refractivity contribution is 7.09. The zero-order valence-corrected chi connectivity index (χ0v) is 12.0. The van der Waals surface area contributed by atoms with Crippen molar-refractivity contribution < 1.29 is 14.3 Å². The van der Waals surface area contributed by atoms with Crippen LogP contribution in [-0.4, -0.2) is 12.6 Å². The zero-order valence-electron chi connectivity index (χ0n) is 10.4. The Bertz CT molecular complexity index is 552. The van der Waals surface area contributed by atoms with Crippen molar-refractivity contribution in [3.63, 3.8) is 0 Å². The summed E-state index contributed by atoms with van der Waals surface area (Å²) in [5.74, 6) is 0.250. The minimum Gasteiger partial charge on any atom is -0.482 e. The molecule has 0 saturated heterocycles. The van der Waals surface area contributed by atoms with Crippen molar-refractivity contribution in [3.05, 3.63) is 51.2 Å². The molecule has 3 nitrogen and oxygen atoms in total. The van der Waals surface area contributed by atoms with Gasteiger partial charge in [0.2, 0.25) is 0 Å². The molecule has 0 aliphatic heterocycles. The van der Waals surface area contributed by atoms with Crippen LogP contribution in [0.2, 0.25) is 5.02 Å². The molecule has 1 aromatic heterocycles. The molecule has 1 aromatic carbocycles. The predicted octanol–water partition coefficient (Wildman–Crippen LogP) is 3.83. The third-order valence-electron chi connectivity index (χ3n) is 2.44. The minimum atomic E-state index is -0.386. The number of carbonyl (C=O) groups excluding carboxylic acids is 1. The molecule has 0 saturated carbocycles. The smallest absolute Gasteiger partial charge is 0.344 e. The van der Waals surface area contributed by atoms with Gasteiger partial charge in [-0.15, -0.1) is 11.3 Å². The lowest BCUT2D eigenvalue weighted by Crippen LogP contribution is -2.14. The first-order valence-corrected chi connectivity index (χ1v) is 6.98. The van der Waals surface area contributed by atoms with Crippen molar-refractivity contribution in [2.75, 3.05) is 6.61 Å². The van der Waals surface area contributed by atoms with Gasteiger partial charge in [-0.3, -0.25) is 0 Å². The normalized spacial score (nSPS) is 10.2. The van der Waals surface area contributed by atoms with Crippen molar-refractivity contribution in [2.24, 2.45) is 0 Å². The first-order valence-electron chi connectivity index (χ1n) is 5.72. The molecule has 0 atom stereocenters. The van der Waals surface area contributed by atoms with E-state index in [0.29, 0.717) is 17.4 Å². The highest BCUT2D eigenvalue weighted by Crippen LogP contribution is 2.21. The van der Waals surface area contributed by atoms with E-state index in [2.05, 4.69) is 0 Å². The molecule has 1 heterocycles. The van der Waals surface area contributed by atoms with Gasteiger partial charge in [0.1, 0.15) is 12.4 Å². The van der Waals surface area contributed by atoms with E-state index in [4.69, 9.17) is 21.1 Å². The second-order valence-corrected chi connectivity index (χ2v) is 5.41. The van der Waals surface area contributed by atoms with Gasteiger partial charge in [-0.25, -0.2) is 4.79 Å². The van der Waals surface area contributed by atoms with Crippen LogP contribution in [0, 0.1) is 6.92 Å². The van der Waals surface area contributed by atoms with Gasteiger partial charge >= 0.3 is 5.97 Å². The highest BCUT2D eigenvalue weighted by Gasteiger charge is 2.07. The molecule has 0 N–H and O–H groups in total. The van der Waals surface area contributed by atoms with Crippen LogP contribution in [-0.2, 0) is 16.1 Å². The molecule has 0 amide bonds. The van der Waals surface area contributed by atoms with Gasteiger partial charge in [-0.1, -0.05) is 17.7 Å². The maximum Gasteiger partial charge on any atom is 0.344 e.